The number of nitrogens with one attached hydrogen (secondary N) is 1. The Kier molecular flexibility index (Phi) is 6.95. The van der Waals surface area contributed by atoms with E-state index in [1.54, 1.807) is 24.3 Å². The van der Waals surface area contributed by atoms with Gasteiger partial charge in [0, 0.05) is 44.8 Å². The maximum absolute atomic E-state index is 12.7. The number of carbonyl (C=O) groups is 1. The first-order valence-electron chi connectivity index (χ1n) is 10.3. The number of rotatable bonds is 6. The summed E-state index contributed by atoms with van der Waals surface area (Å²) in [6.07, 6.45) is 0. The van der Waals surface area contributed by atoms with Crippen LogP contribution in [0.3, 0.4) is 0 Å². The molecule has 3 rings (SSSR count). The fourth-order valence-electron chi connectivity index (χ4n) is 3.49. The molecule has 1 N–H and O–H groups in total. The second kappa shape index (κ2) is 9.29. The first-order valence-corrected chi connectivity index (χ1v) is 11.8. The predicted octanol–water partition coefficient (Wildman–Crippen LogP) is 2.72. The minimum Gasteiger partial charge on any atom is -0.351 e. The van der Waals surface area contributed by atoms with Crippen molar-refractivity contribution in [2.24, 2.45) is 0 Å². The summed E-state index contributed by atoms with van der Waals surface area (Å²) in [7, 11) is -3.43. The molecule has 1 heterocycles. The van der Waals surface area contributed by atoms with E-state index in [-0.39, 0.29) is 11.3 Å². The largest absolute Gasteiger partial charge is 0.351 e. The monoisotopic (exact) mass is 429 g/mol. The lowest BCUT2D eigenvalue weighted by atomic mass is 9.87. The molecule has 162 valence electrons. The van der Waals surface area contributed by atoms with Crippen molar-refractivity contribution < 1.29 is 13.2 Å². The zero-order valence-electron chi connectivity index (χ0n) is 18.0. The third kappa shape index (κ3) is 5.47. The lowest BCUT2D eigenvalue weighted by Gasteiger charge is -2.33. The summed E-state index contributed by atoms with van der Waals surface area (Å²) in [5.41, 5.74) is 1.91. The van der Waals surface area contributed by atoms with E-state index in [0.29, 0.717) is 49.7 Å². The van der Waals surface area contributed by atoms with Crippen molar-refractivity contribution in [2.75, 3.05) is 39.3 Å². The molecule has 0 unspecified atom stereocenters. The molecule has 0 radical (unpaired) electrons. The molecular weight excluding hydrogens is 398 g/mol. The van der Waals surface area contributed by atoms with Gasteiger partial charge >= 0.3 is 0 Å². The second-order valence-corrected chi connectivity index (χ2v) is 10.6. The molecule has 1 saturated heterocycles. The Hall–Kier alpha value is -2.22. The Balaban J connectivity index is 1.44. The van der Waals surface area contributed by atoms with E-state index in [1.807, 2.05) is 30.3 Å². The van der Waals surface area contributed by atoms with E-state index in [4.69, 9.17) is 0 Å². The molecule has 2 aromatic carbocycles. The Bertz CT molecular complexity index is 943. The van der Waals surface area contributed by atoms with Crippen LogP contribution in [0.4, 0.5) is 0 Å². The molecule has 1 aliphatic heterocycles. The normalized spacial score (nSPS) is 16.4. The maximum atomic E-state index is 12.7. The van der Waals surface area contributed by atoms with Crippen LogP contribution >= 0.6 is 0 Å². The van der Waals surface area contributed by atoms with Gasteiger partial charge in [-0.1, -0.05) is 51.1 Å². The predicted molar refractivity (Wildman–Crippen MR) is 119 cm³/mol. The first kappa shape index (κ1) is 22.5. The van der Waals surface area contributed by atoms with Gasteiger partial charge in [0.25, 0.3) is 5.91 Å². The number of hydrogen-bond acceptors (Lipinski definition) is 4. The third-order valence-corrected chi connectivity index (χ3v) is 7.35. The molecule has 1 aliphatic rings. The molecule has 0 saturated carbocycles. The first-order chi connectivity index (χ1) is 14.2. The molecule has 0 aromatic heterocycles. The van der Waals surface area contributed by atoms with Crippen molar-refractivity contribution >= 4 is 15.9 Å². The fraction of sp³-hybridized carbons (Fsp3) is 0.435. The van der Waals surface area contributed by atoms with Gasteiger partial charge in [-0.2, -0.15) is 4.31 Å². The third-order valence-electron chi connectivity index (χ3n) is 5.44. The van der Waals surface area contributed by atoms with Crippen LogP contribution < -0.4 is 5.32 Å². The van der Waals surface area contributed by atoms with Crippen LogP contribution in [0.2, 0.25) is 0 Å². The van der Waals surface area contributed by atoms with Crippen LogP contribution in [0, 0.1) is 0 Å². The molecule has 1 fully saturated rings. The average molecular weight is 430 g/mol. The minimum absolute atomic E-state index is 0.0607. The zero-order valence-corrected chi connectivity index (χ0v) is 18.8. The highest BCUT2D eigenvalue weighted by Gasteiger charge is 2.28. The van der Waals surface area contributed by atoms with Crippen LogP contribution in [-0.2, 0) is 15.4 Å². The molecule has 30 heavy (non-hydrogen) atoms. The maximum Gasteiger partial charge on any atom is 0.251 e. The lowest BCUT2D eigenvalue weighted by Crippen LogP contribution is -2.50. The van der Waals surface area contributed by atoms with Crippen molar-refractivity contribution in [1.82, 2.24) is 14.5 Å². The number of amides is 1. The summed E-state index contributed by atoms with van der Waals surface area (Å²) in [5.74, 6) is -0.0826. The summed E-state index contributed by atoms with van der Waals surface area (Å²) in [6, 6.07) is 16.3. The van der Waals surface area contributed by atoms with Gasteiger partial charge in [-0.15, -0.1) is 0 Å². The SMILES string of the molecule is CC(C)(C)c1ccc(C(=O)NCCN2CCN(S(=O)(=O)c3ccccc3)CC2)cc1. The Labute approximate surface area is 179 Å². The van der Waals surface area contributed by atoms with Gasteiger partial charge in [0.2, 0.25) is 10.0 Å². The van der Waals surface area contributed by atoms with Crippen LogP contribution in [0.1, 0.15) is 36.7 Å². The molecule has 6 nitrogen and oxygen atoms in total. The second-order valence-electron chi connectivity index (χ2n) is 8.64. The molecule has 0 atom stereocenters. The topological polar surface area (TPSA) is 69.7 Å². The summed E-state index contributed by atoms with van der Waals surface area (Å²) in [5, 5.41) is 2.96. The van der Waals surface area contributed by atoms with Crippen LogP contribution in [0.15, 0.2) is 59.5 Å². The van der Waals surface area contributed by atoms with Gasteiger partial charge in [0.05, 0.1) is 4.90 Å². The highest BCUT2D eigenvalue weighted by Crippen LogP contribution is 2.22. The molecular formula is C23H31N3O3S. The molecule has 1 amide bonds. The smallest absolute Gasteiger partial charge is 0.251 e. The van der Waals surface area contributed by atoms with Crippen molar-refractivity contribution in [2.45, 2.75) is 31.1 Å². The number of piperazine rings is 1. The van der Waals surface area contributed by atoms with Crippen LogP contribution in [0.5, 0.6) is 0 Å². The van der Waals surface area contributed by atoms with E-state index in [0.717, 1.165) is 0 Å². The van der Waals surface area contributed by atoms with Gasteiger partial charge < -0.3 is 5.32 Å². The van der Waals surface area contributed by atoms with E-state index >= 15 is 0 Å². The highest BCUT2D eigenvalue weighted by atomic mass is 32.2. The van der Waals surface area contributed by atoms with E-state index in [2.05, 4.69) is 31.0 Å². The minimum atomic E-state index is -3.43. The van der Waals surface area contributed by atoms with E-state index in [9.17, 15) is 13.2 Å². The highest BCUT2D eigenvalue weighted by molar-refractivity contribution is 7.89. The Morgan fingerprint density at radius 2 is 1.53 bits per heavy atom. The summed E-state index contributed by atoms with van der Waals surface area (Å²) in [4.78, 5) is 14.9. The molecule has 7 heteroatoms. The van der Waals surface area contributed by atoms with Gasteiger partial charge in [-0.05, 0) is 35.2 Å². The van der Waals surface area contributed by atoms with Gasteiger partial charge in [-0.25, -0.2) is 8.42 Å². The number of carbonyl (C=O) groups excluding carboxylic acids is 1. The van der Waals surface area contributed by atoms with E-state index < -0.39 is 10.0 Å². The molecule has 0 spiro atoms. The number of nitrogens with zero attached hydrogens (tertiary/aromatic N) is 2. The van der Waals surface area contributed by atoms with Gasteiger partial charge in [-0.3, -0.25) is 9.69 Å². The Morgan fingerprint density at radius 3 is 2.10 bits per heavy atom. The Morgan fingerprint density at radius 1 is 0.933 bits per heavy atom. The summed E-state index contributed by atoms with van der Waals surface area (Å²) >= 11 is 0. The standard InChI is InChI=1S/C23H31N3O3S/c1-23(2,3)20-11-9-19(10-12-20)22(27)24-13-14-25-15-17-26(18-16-25)30(28,29)21-7-5-4-6-8-21/h4-12H,13-18H2,1-3H3,(H,24,27). The van der Waals surface area contributed by atoms with E-state index in [1.165, 1.54) is 9.87 Å². The number of sulfonamides is 1. The van der Waals surface area contributed by atoms with Crippen LogP contribution in [0.25, 0.3) is 0 Å². The fourth-order valence-corrected chi connectivity index (χ4v) is 4.93. The average Bonchev–Trinajstić information content (AvgIpc) is 2.74. The van der Waals surface area contributed by atoms with Crippen LogP contribution in [-0.4, -0.2) is 62.8 Å². The lowest BCUT2D eigenvalue weighted by molar-refractivity contribution is 0.0945. The van der Waals surface area contributed by atoms with Crippen molar-refractivity contribution in [1.29, 1.82) is 0 Å². The number of benzene rings is 2. The molecule has 0 bridgehead atoms. The van der Waals surface area contributed by atoms with Crippen molar-refractivity contribution in [3.05, 3.63) is 65.7 Å². The molecule has 2 aromatic rings. The molecule has 0 aliphatic carbocycles. The number of hydrogen-bond donors (Lipinski definition) is 1. The summed E-state index contributed by atoms with van der Waals surface area (Å²) < 4.78 is 26.9. The van der Waals surface area contributed by atoms with Gasteiger partial charge in [0.15, 0.2) is 0 Å². The summed E-state index contributed by atoms with van der Waals surface area (Å²) in [6.45, 7) is 9.90. The van der Waals surface area contributed by atoms with Crippen molar-refractivity contribution in [3.8, 4) is 0 Å². The van der Waals surface area contributed by atoms with Gasteiger partial charge in [0.1, 0.15) is 0 Å². The quantitative estimate of drug-likeness (QED) is 0.767. The zero-order chi connectivity index (χ0) is 21.8. The van der Waals surface area contributed by atoms with Crippen molar-refractivity contribution in [3.63, 3.8) is 0 Å².